The van der Waals surface area contributed by atoms with E-state index < -0.39 is 27.3 Å². The second-order valence-electron chi connectivity index (χ2n) is 7.58. The van der Waals surface area contributed by atoms with Gasteiger partial charge in [0.15, 0.2) is 0 Å². The molecule has 0 aliphatic heterocycles. The summed E-state index contributed by atoms with van der Waals surface area (Å²) in [4.78, 5) is 14.0. The van der Waals surface area contributed by atoms with Crippen molar-refractivity contribution in [1.29, 1.82) is 0 Å². The average Bonchev–Trinajstić information content (AvgIpc) is 3.17. The van der Waals surface area contributed by atoms with Gasteiger partial charge in [-0.15, -0.1) is 0 Å². The SMILES string of the molecule is Cc1ccc(CNS(=O)(=O)c2ccc(Cc3ccc4[nH]c(=O)cc(C(F)(F)F)c4c3)cc2)o1. The fraction of sp³-hybridized carbons (Fsp3) is 0.174. The molecule has 2 heterocycles. The van der Waals surface area contributed by atoms with Crippen LogP contribution < -0.4 is 10.3 Å². The van der Waals surface area contributed by atoms with Crippen LogP contribution in [0.4, 0.5) is 13.2 Å². The van der Waals surface area contributed by atoms with E-state index in [9.17, 15) is 26.4 Å². The molecule has 0 radical (unpaired) electrons. The van der Waals surface area contributed by atoms with Gasteiger partial charge >= 0.3 is 6.18 Å². The van der Waals surface area contributed by atoms with Crippen molar-refractivity contribution in [2.24, 2.45) is 0 Å². The number of hydrogen-bond donors (Lipinski definition) is 2. The molecule has 0 saturated heterocycles. The molecule has 2 aromatic carbocycles. The zero-order chi connectivity index (χ0) is 23.8. The largest absolute Gasteiger partial charge is 0.465 e. The fourth-order valence-corrected chi connectivity index (χ4v) is 4.49. The van der Waals surface area contributed by atoms with E-state index in [4.69, 9.17) is 4.42 Å². The molecule has 4 rings (SSSR count). The number of furan rings is 1. The van der Waals surface area contributed by atoms with E-state index in [0.717, 1.165) is 0 Å². The van der Waals surface area contributed by atoms with Gasteiger partial charge in [-0.25, -0.2) is 13.1 Å². The zero-order valence-corrected chi connectivity index (χ0v) is 18.2. The van der Waals surface area contributed by atoms with Crippen molar-refractivity contribution in [2.45, 2.75) is 31.0 Å². The average molecular weight is 476 g/mol. The predicted molar refractivity (Wildman–Crippen MR) is 116 cm³/mol. The lowest BCUT2D eigenvalue weighted by Gasteiger charge is -2.11. The van der Waals surface area contributed by atoms with Gasteiger partial charge in [0, 0.05) is 17.0 Å². The highest BCUT2D eigenvalue weighted by Gasteiger charge is 2.33. The molecule has 0 atom stereocenters. The number of pyridine rings is 1. The van der Waals surface area contributed by atoms with Crippen LogP contribution in [0.3, 0.4) is 0 Å². The van der Waals surface area contributed by atoms with E-state index in [1.807, 2.05) is 0 Å². The van der Waals surface area contributed by atoms with Crippen molar-refractivity contribution >= 4 is 20.9 Å². The Hall–Kier alpha value is -3.37. The van der Waals surface area contributed by atoms with Gasteiger partial charge in [0.2, 0.25) is 15.6 Å². The number of aromatic amines is 1. The summed E-state index contributed by atoms with van der Waals surface area (Å²) in [6.45, 7) is 1.77. The first-order valence-corrected chi connectivity index (χ1v) is 11.4. The van der Waals surface area contributed by atoms with Gasteiger partial charge in [-0.05, 0) is 60.9 Å². The maximum Gasteiger partial charge on any atom is 0.417 e. The van der Waals surface area contributed by atoms with Gasteiger partial charge in [0.05, 0.1) is 17.0 Å². The third-order valence-corrected chi connectivity index (χ3v) is 6.50. The number of aryl methyl sites for hydroxylation is 1. The van der Waals surface area contributed by atoms with Crippen LogP contribution in [0, 0.1) is 6.92 Å². The van der Waals surface area contributed by atoms with Crippen molar-refractivity contribution < 1.29 is 26.0 Å². The monoisotopic (exact) mass is 476 g/mol. The lowest BCUT2D eigenvalue weighted by Crippen LogP contribution is -2.23. The molecule has 0 unspecified atom stereocenters. The van der Waals surface area contributed by atoms with Crippen molar-refractivity contribution in [3.05, 3.63) is 99.2 Å². The van der Waals surface area contributed by atoms with Crippen molar-refractivity contribution in [3.8, 4) is 0 Å². The van der Waals surface area contributed by atoms with Crippen molar-refractivity contribution in [1.82, 2.24) is 9.71 Å². The van der Waals surface area contributed by atoms with Crippen LogP contribution in [-0.4, -0.2) is 13.4 Å². The second kappa shape index (κ2) is 8.53. The first-order valence-electron chi connectivity index (χ1n) is 9.88. The van der Waals surface area contributed by atoms with Gasteiger partial charge in [0.25, 0.3) is 0 Å². The number of alkyl halides is 3. The maximum atomic E-state index is 13.4. The zero-order valence-electron chi connectivity index (χ0n) is 17.4. The Labute approximate surface area is 187 Å². The van der Waals surface area contributed by atoms with Crippen LogP contribution in [0.2, 0.25) is 0 Å². The molecule has 0 amide bonds. The first kappa shape index (κ1) is 22.8. The molecule has 0 spiro atoms. The molecule has 0 saturated carbocycles. The summed E-state index contributed by atoms with van der Waals surface area (Å²) >= 11 is 0. The molecule has 10 heteroatoms. The highest BCUT2D eigenvalue weighted by Crippen LogP contribution is 2.33. The minimum Gasteiger partial charge on any atom is -0.465 e. The van der Waals surface area contributed by atoms with E-state index in [0.29, 0.717) is 28.7 Å². The molecule has 0 aliphatic carbocycles. The number of aromatic nitrogens is 1. The topological polar surface area (TPSA) is 92.2 Å². The smallest absolute Gasteiger partial charge is 0.417 e. The molecule has 6 nitrogen and oxygen atoms in total. The Kier molecular flexibility index (Phi) is 5.89. The second-order valence-corrected chi connectivity index (χ2v) is 9.35. The molecule has 0 fully saturated rings. The molecular formula is C23H19F3N2O4S. The summed E-state index contributed by atoms with van der Waals surface area (Å²) in [5, 5.41) is -0.101. The molecule has 2 aromatic heterocycles. The number of sulfonamides is 1. The van der Waals surface area contributed by atoms with E-state index >= 15 is 0 Å². The molecule has 172 valence electrons. The van der Waals surface area contributed by atoms with Gasteiger partial charge in [-0.1, -0.05) is 18.2 Å². The van der Waals surface area contributed by atoms with Gasteiger partial charge in [0.1, 0.15) is 11.5 Å². The molecule has 0 aliphatic rings. The van der Waals surface area contributed by atoms with Crippen LogP contribution in [0.1, 0.15) is 28.2 Å². The van der Waals surface area contributed by atoms with Crippen LogP contribution >= 0.6 is 0 Å². The summed E-state index contributed by atoms with van der Waals surface area (Å²) in [5.74, 6) is 1.17. The molecular weight excluding hydrogens is 457 g/mol. The van der Waals surface area contributed by atoms with Crippen LogP contribution in [0.15, 0.2) is 74.8 Å². The number of H-pyrrole nitrogens is 1. The predicted octanol–water partition coefficient (Wildman–Crippen LogP) is 4.52. The van der Waals surface area contributed by atoms with E-state index in [1.165, 1.54) is 24.3 Å². The summed E-state index contributed by atoms with van der Waals surface area (Å²) in [6, 6.07) is 14.5. The molecule has 4 aromatic rings. The Balaban J connectivity index is 1.54. The maximum absolute atomic E-state index is 13.4. The van der Waals surface area contributed by atoms with Crippen LogP contribution in [0.5, 0.6) is 0 Å². The van der Waals surface area contributed by atoms with E-state index in [1.54, 1.807) is 37.3 Å². The number of nitrogens with one attached hydrogen (secondary N) is 2. The molecule has 33 heavy (non-hydrogen) atoms. The molecule has 2 N–H and O–H groups in total. The Morgan fingerprint density at radius 3 is 2.30 bits per heavy atom. The Morgan fingerprint density at radius 2 is 1.67 bits per heavy atom. The fourth-order valence-electron chi connectivity index (χ4n) is 3.50. The highest BCUT2D eigenvalue weighted by atomic mass is 32.2. The number of hydrogen-bond acceptors (Lipinski definition) is 4. The highest BCUT2D eigenvalue weighted by molar-refractivity contribution is 7.89. The van der Waals surface area contributed by atoms with Gasteiger partial charge in [-0.3, -0.25) is 4.79 Å². The number of halogens is 3. The van der Waals surface area contributed by atoms with E-state index in [2.05, 4.69) is 9.71 Å². The van der Waals surface area contributed by atoms with Gasteiger partial charge < -0.3 is 9.40 Å². The third kappa shape index (κ3) is 5.18. The van der Waals surface area contributed by atoms with Crippen LogP contribution in [-0.2, 0) is 29.2 Å². The van der Waals surface area contributed by atoms with E-state index in [-0.39, 0.29) is 28.8 Å². The Morgan fingerprint density at radius 1 is 0.970 bits per heavy atom. The summed E-state index contributed by atoms with van der Waals surface area (Å²) in [7, 11) is -3.76. The number of benzene rings is 2. The number of rotatable bonds is 6. The lowest BCUT2D eigenvalue weighted by atomic mass is 10.0. The quantitative estimate of drug-likeness (QED) is 0.428. The number of fused-ring (bicyclic) bond motifs is 1. The van der Waals surface area contributed by atoms with Crippen LogP contribution in [0.25, 0.3) is 10.9 Å². The van der Waals surface area contributed by atoms with Gasteiger partial charge in [-0.2, -0.15) is 13.2 Å². The summed E-state index contributed by atoms with van der Waals surface area (Å²) < 4.78 is 72.9. The van der Waals surface area contributed by atoms with Crippen molar-refractivity contribution in [3.63, 3.8) is 0 Å². The first-order chi connectivity index (χ1) is 15.5. The summed E-state index contributed by atoms with van der Waals surface area (Å²) in [6.07, 6.45) is -4.38. The minimum atomic E-state index is -4.66. The normalized spacial score (nSPS) is 12.4. The summed E-state index contributed by atoms with van der Waals surface area (Å²) in [5.41, 5.74) is -0.426. The standard InChI is InChI=1S/C23H19F3N2O4S/c1-14-2-6-17(32-14)13-27-33(30,31)18-7-3-15(4-8-18)10-16-5-9-21-19(11-16)20(23(24,25)26)12-22(29)28-21/h2-9,11-12,27H,10,13H2,1H3,(H,28,29). The minimum absolute atomic E-state index is 0.0125. The lowest BCUT2D eigenvalue weighted by molar-refractivity contribution is -0.136. The third-order valence-electron chi connectivity index (χ3n) is 5.09. The Bertz CT molecular complexity index is 1470. The molecule has 0 bridgehead atoms. The van der Waals surface area contributed by atoms with Crippen molar-refractivity contribution in [2.75, 3.05) is 0 Å².